The second kappa shape index (κ2) is 7.83. The molecule has 1 fully saturated rings. The predicted octanol–water partition coefficient (Wildman–Crippen LogP) is 3.56. The Labute approximate surface area is 169 Å². The van der Waals surface area contributed by atoms with Gasteiger partial charge in [0.15, 0.2) is 5.65 Å². The predicted molar refractivity (Wildman–Crippen MR) is 112 cm³/mol. The number of hydrogen-bond donors (Lipinski definition) is 1. The zero-order valence-electron chi connectivity index (χ0n) is 16.5. The molecule has 0 amide bonds. The van der Waals surface area contributed by atoms with E-state index in [1.807, 2.05) is 35.3 Å². The smallest absolute Gasteiger partial charge is 0.220 e. The number of aryl methyl sites for hydroxylation is 1. The van der Waals surface area contributed by atoms with Gasteiger partial charge in [-0.3, -0.25) is 0 Å². The fraction of sp³-hybridized carbons (Fsp3) is 0.409. The SMILES string of the molecule is CCn1ncc2c(NC3CCOCC3)c(C3=N[C@H](c4ccccc4)CO3)cnc21. The summed E-state index contributed by atoms with van der Waals surface area (Å²) >= 11 is 0. The first-order valence-electron chi connectivity index (χ1n) is 10.3. The number of nitrogens with zero attached hydrogens (tertiary/aromatic N) is 4. The Kier molecular flexibility index (Phi) is 4.89. The van der Waals surface area contributed by atoms with Crippen LogP contribution in [0.4, 0.5) is 5.69 Å². The molecule has 4 heterocycles. The molecule has 1 aromatic carbocycles. The van der Waals surface area contributed by atoms with Crippen molar-refractivity contribution in [3.63, 3.8) is 0 Å². The quantitative estimate of drug-likeness (QED) is 0.720. The Bertz CT molecular complexity index is 1020. The van der Waals surface area contributed by atoms with Crippen LogP contribution in [0.5, 0.6) is 0 Å². The molecule has 150 valence electrons. The Balaban J connectivity index is 1.55. The van der Waals surface area contributed by atoms with E-state index in [1.54, 1.807) is 0 Å². The highest BCUT2D eigenvalue weighted by Crippen LogP contribution is 2.32. The molecule has 0 unspecified atom stereocenters. The molecule has 2 aromatic heterocycles. The molecule has 0 saturated carbocycles. The summed E-state index contributed by atoms with van der Waals surface area (Å²) in [7, 11) is 0. The lowest BCUT2D eigenvalue weighted by Crippen LogP contribution is -2.28. The van der Waals surface area contributed by atoms with Crippen LogP contribution in [0.25, 0.3) is 11.0 Å². The maximum Gasteiger partial charge on any atom is 0.220 e. The van der Waals surface area contributed by atoms with Crippen molar-refractivity contribution in [2.75, 3.05) is 25.1 Å². The maximum absolute atomic E-state index is 6.04. The normalized spacial score (nSPS) is 19.9. The molecule has 0 spiro atoms. The molecule has 3 aromatic rings. The van der Waals surface area contributed by atoms with Crippen molar-refractivity contribution in [1.29, 1.82) is 0 Å². The summed E-state index contributed by atoms with van der Waals surface area (Å²) in [5.74, 6) is 0.645. The third-order valence-corrected chi connectivity index (χ3v) is 5.60. The van der Waals surface area contributed by atoms with Crippen LogP contribution in [0.1, 0.15) is 36.9 Å². The summed E-state index contributed by atoms with van der Waals surface area (Å²) in [6, 6.07) is 10.6. The Morgan fingerprint density at radius 1 is 1.14 bits per heavy atom. The number of ether oxygens (including phenoxy) is 2. The van der Waals surface area contributed by atoms with Gasteiger partial charge in [0.05, 0.1) is 22.8 Å². The molecule has 2 aliphatic heterocycles. The van der Waals surface area contributed by atoms with E-state index < -0.39 is 0 Å². The van der Waals surface area contributed by atoms with E-state index in [2.05, 4.69) is 34.5 Å². The molecule has 1 atom stereocenters. The fourth-order valence-corrected chi connectivity index (χ4v) is 3.99. The van der Waals surface area contributed by atoms with Gasteiger partial charge in [-0.1, -0.05) is 30.3 Å². The number of nitrogens with one attached hydrogen (secondary N) is 1. The molecule has 1 N–H and O–H groups in total. The number of benzene rings is 1. The largest absolute Gasteiger partial charge is 0.475 e. The first-order valence-corrected chi connectivity index (χ1v) is 10.3. The van der Waals surface area contributed by atoms with Crippen LogP contribution in [-0.4, -0.2) is 46.5 Å². The summed E-state index contributed by atoms with van der Waals surface area (Å²) in [5.41, 5.74) is 3.95. The Morgan fingerprint density at radius 2 is 1.97 bits per heavy atom. The topological polar surface area (TPSA) is 73.6 Å². The van der Waals surface area contributed by atoms with Gasteiger partial charge >= 0.3 is 0 Å². The standard InChI is InChI=1S/C22H25N5O2/c1-2-27-21-17(13-24-27)20(25-16-8-10-28-11-9-16)18(12-23-21)22-26-19(14-29-22)15-6-4-3-5-7-15/h3-7,12-13,16,19H,2,8-11,14H2,1H3,(H,23,25)/t19-/m0/s1. The highest BCUT2D eigenvalue weighted by atomic mass is 16.5. The van der Waals surface area contributed by atoms with Gasteiger partial charge in [0.25, 0.3) is 0 Å². The monoisotopic (exact) mass is 391 g/mol. The van der Waals surface area contributed by atoms with Crippen LogP contribution in [0.3, 0.4) is 0 Å². The van der Waals surface area contributed by atoms with Crippen molar-refractivity contribution in [3.05, 3.63) is 53.9 Å². The van der Waals surface area contributed by atoms with E-state index in [0.717, 1.165) is 60.4 Å². The van der Waals surface area contributed by atoms with Gasteiger partial charge in [-0.15, -0.1) is 0 Å². The maximum atomic E-state index is 6.04. The third kappa shape index (κ3) is 3.46. The van der Waals surface area contributed by atoms with Crippen molar-refractivity contribution in [3.8, 4) is 0 Å². The van der Waals surface area contributed by atoms with Crippen LogP contribution in [-0.2, 0) is 16.0 Å². The van der Waals surface area contributed by atoms with Gasteiger partial charge in [0.1, 0.15) is 12.6 Å². The zero-order valence-corrected chi connectivity index (χ0v) is 16.5. The number of aromatic nitrogens is 3. The van der Waals surface area contributed by atoms with Crippen molar-refractivity contribution >= 4 is 22.6 Å². The van der Waals surface area contributed by atoms with Gasteiger partial charge in [-0.05, 0) is 25.3 Å². The molecule has 1 saturated heterocycles. The number of rotatable bonds is 5. The fourth-order valence-electron chi connectivity index (χ4n) is 3.99. The van der Waals surface area contributed by atoms with Gasteiger partial charge in [-0.2, -0.15) is 5.10 Å². The van der Waals surface area contributed by atoms with Crippen LogP contribution in [0.2, 0.25) is 0 Å². The number of aliphatic imine (C=N–C) groups is 1. The van der Waals surface area contributed by atoms with Gasteiger partial charge < -0.3 is 14.8 Å². The molecule has 5 rings (SSSR count). The number of pyridine rings is 1. The lowest BCUT2D eigenvalue weighted by molar-refractivity contribution is 0.0905. The molecule has 0 bridgehead atoms. The summed E-state index contributed by atoms with van der Waals surface area (Å²) in [4.78, 5) is 9.56. The molecule has 7 heteroatoms. The Morgan fingerprint density at radius 3 is 2.76 bits per heavy atom. The molecule has 29 heavy (non-hydrogen) atoms. The van der Waals surface area contributed by atoms with Crippen molar-refractivity contribution in [2.24, 2.45) is 4.99 Å². The molecule has 2 aliphatic rings. The van der Waals surface area contributed by atoms with Gasteiger partial charge in [0, 0.05) is 32.0 Å². The second-order valence-electron chi connectivity index (χ2n) is 7.45. The lowest BCUT2D eigenvalue weighted by atomic mass is 10.1. The lowest BCUT2D eigenvalue weighted by Gasteiger charge is -2.25. The third-order valence-electron chi connectivity index (χ3n) is 5.60. The van der Waals surface area contributed by atoms with Gasteiger partial charge in [-0.25, -0.2) is 14.7 Å². The van der Waals surface area contributed by atoms with E-state index in [9.17, 15) is 0 Å². The van der Waals surface area contributed by atoms with Crippen molar-refractivity contribution in [1.82, 2.24) is 14.8 Å². The average Bonchev–Trinajstić information content (AvgIpc) is 3.43. The van der Waals surface area contributed by atoms with Crippen molar-refractivity contribution in [2.45, 2.75) is 38.4 Å². The highest BCUT2D eigenvalue weighted by molar-refractivity contribution is 6.07. The van der Waals surface area contributed by atoms with E-state index >= 15 is 0 Å². The molecule has 0 radical (unpaired) electrons. The number of anilines is 1. The molecule has 7 nitrogen and oxygen atoms in total. The summed E-state index contributed by atoms with van der Waals surface area (Å²) in [6.07, 6.45) is 5.71. The minimum atomic E-state index is 0.0104. The van der Waals surface area contributed by atoms with Crippen LogP contribution in [0, 0.1) is 0 Å². The Hall–Kier alpha value is -2.93. The first-order chi connectivity index (χ1) is 14.3. The summed E-state index contributed by atoms with van der Waals surface area (Å²) in [5, 5.41) is 9.24. The van der Waals surface area contributed by atoms with Gasteiger partial charge in [0.2, 0.25) is 5.90 Å². The number of hydrogen-bond acceptors (Lipinski definition) is 6. The van der Waals surface area contributed by atoms with Crippen LogP contribution in [0.15, 0.2) is 47.7 Å². The second-order valence-corrected chi connectivity index (χ2v) is 7.45. The minimum Gasteiger partial charge on any atom is -0.475 e. The highest BCUT2D eigenvalue weighted by Gasteiger charge is 2.27. The van der Waals surface area contributed by atoms with Crippen molar-refractivity contribution < 1.29 is 9.47 Å². The van der Waals surface area contributed by atoms with E-state index in [1.165, 1.54) is 0 Å². The van der Waals surface area contributed by atoms with E-state index in [0.29, 0.717) is 18.5 Å². The van der Waals surface area contributed by atoms with E-state index in [4.69, 9.17) is 14.5 Å². The summed E-state index contributed by atoms with van der Waals surface area (Å²) in [6.45, 7) is 4.95. The summed E-state index contributed by atoms with van der Waals surface area (Å²) < 4.78 is 13.5. The first kappa shape index (κ1) is 18.1. The molecular weight excluding hydrogens is 366 g/mol. The van der Waals surface area contributed by atoms with Crippen LogP contribution < -0.4 is 5.32 Å². The molecular formula is C22H25N5O2. The zero-order chi connectivity index (χ0) is 19.6. The average molecular weight is 391 g/mol. The van der Waals surface area contributed by atoms with E-state index in [-0.39, 0.29) is 6.04 Å². The minimum absolute atomic E-state index is 0.0104. The number of fused-ring (bicyclic) bond motifs is 1. The van der Waals surface area contributed by atoms with Crippen LogP contribution >= 0.6 is 0 Å². The molecule has 0 aliphatic carbocycles.